The van der Waals surface area contributed by atoms with Crippen LogP contribution in [0.5, 0.6) is 0 Å². The molecule has 0 bridgehead atoms. The minimum atomic E-state index is -0.203. The first-order valence-corrected chi connectivity index (χ1v) is 6.45. The van der Waals surface area contributed by atoms with Gasteiger partial charge in [-0.05, 0) is 49.6 Å². The van der Waals surface area contributed by atoms with Crippen molar-refractivity contribution in [2.24, 2.45) is 5.73 Å². The molecule has 17 heavy (non-hydrogen) atoms. The molecule has 1 atom stereocenters. The van der Waals surface area contributed by atoms with Gasteiger partial charge in [-0.15, -0.1) is 11.3 Å². The molecule has 0 saturated heterocycles. The van der Waals surface area contributed by atoms with Gasteiger partial charge in [0.1, 0.15) is 5.82 Å². The molecular weight excluding hydrogens is 233 g/mol. The van der Waals surface area contributed by atoms with Crippen molar-refractivity contribution in [3.8, 4) is 0 Å². The third-order valence-electron chi connectivity index (χ3n) is 2.79. The second-order valence-electron chi connectivity index (χ2n) is 4.34. The summed E-state index contributed by atoms with van der Waals surface area (Å²) in [6.45, 7) is 4.18. The number of thiophene rings is 1. The minimum Gasteiger partial charge on any atom is -0.323 e. The fourth-order valence-electron chi connectivity index (χ4n) is 1.99. The summed E-state index contributed by atoms with van der Waals surface area (Å²) in [5.74, 6) is -0.203. The molecular formula is C14H16FNS. The van der Waals surface area contributed by atoms with E-state index >= 15 is 0 Å². The van der Waals surface area contributed by atoms with Gasteiger partial charge in [0.05, 0.1) is 0 Å². The molecule has 0 saturated carbocycles. The summed E-state index contributed by atoms with van der Waals surface area (Å²) < 4.78 is 12.8. The molecule has 0 fully saturated rings. The van der Waals surface area contributed by atoms with Gasteiger partial charge in [0, 0.05) is 15.8 Å². The molecule has 0 amide bonds. The van der Waals surface area contributed by atoms with Crippen molar-refractivity contribution in [3.05, 3.63) is 57.0 Å². The van der Waals surface area contributed by atoms with Gasteiger partial charge in [-0.25, -0.2) is 4.39 Å². The van der Waals surface area contributed by atoms with Gasteiger partial charge in [-0.3, -0.25) is 0 Å². The van der Waals surface area contributed by atoms with E-state index in [9.17, 15) is 4.39 Å². The zero-order chi connectivity index (χ0) is 12.4. The second-order valence-corrected chi connectivity index (χ2v) is 5.63. The van der Waals surface area contributed by atoms with Crippen LogP contribution in [0.4, 0.5) is 4.39 Å². The Morgan fingerprint density at radius 1 is 1.24 bits per heavy atom. The third-order valence-corrected chi connectivity index (χ3v) is 4.07. The van der Waals surface area contributed by atoms with Crippen molar-refractivity contribution in [2.45, 2.75) is 26.3 Å². The molecule has 2 aromatic rings. The largest absolute Gasteiger partial charge is 0.323 e. The molecule has 1 heterocycles. The summed E-state index contributed by atoms with van der Waals surface area (Å²) in [6.07, 6.45) is 0.751. The summed E-state index contributed by atoms with van der Waals surface area (Å²) in [6, 6.07) is 8.71. The van der Waals surface area contributed by atoms with Crippen LogP contribution in [0.1, 0.15) is 26.9 Å². The third kappa shape index (κ3) is 2.93. The molecule has 2 rings (SSSR count). The van der Waals surface area contributed by atoms with Gasteiger partial charge in [0.2, 0.25) is 0 Å². The summed E-state index contributed by atoms with van der Waals surface area (Å²) in [4.78, 5) is 2.51. The topological polar surface area (TPSA) is 26.0 Å². The molecule has 1 nitrogen and oxygen atoms in total. The van der Waals surface area contributed by atoms with Gasteiger partial charge in [0.25, 0.3) is 0 Å². The van der Waals surface area contributed by atoms with Crippen LogP contribution in [0.15, 0.2) is 30.3 Å². The molecule has 0 spiro atoms. The average molecular weight is 249 g/mol. The first-order valence-electron chi connectivity index (χ1n) is 5.63. The highest BCUT2D eigenvalue weighted by atomic mass is 32.1. The van der Waals surface area contributed by atoms with E-state index in [0.717, 1.165) is 12.0 Å². The maximum Gasteiger partial charge on any atom is 0.123 e. The summed E-state index contributed by atoms with van der Waals surface area (Å²) >= 11 is 1.75. The molecule has 0 aliphatic carbocycles. The molecule has 0 aliphatic rings. The first-order chi connectivity index (χ1) is 8.06. The highest BCUT2D eigenvalue weighted by Gasteiger charge is 2.12. The van der Waals surface area contributed by atoms with Gasteiger partial charge in [0.15, 0.2) is 0 Å². The Labute approximate surface area is 105 Å². The predicted molar refractivity (Wildman–Crippen MR) is 70.8 cm³/mol. The number of rotatable bonds is 3. The molecule has 3 heteroatoms. The Morgan fingerprint density at radius 2 is 1.88 bits per heavy atom. The highest BCUT2D eigenvalue weighted by molar-refractivity contribution is 7.12. The van der Waals surface area contributed by atoms with Crippen molar-refractivity contribution in [2.75, 3.05) is 0 Å². The lowest BCUT2D eigenvalue weighted by Crippen LogP contribution is -2.12. The molecule has 0 radical (unpaired) electrons. The maximum absolute atomic E-state index is 12.8. The molecule has 0 aliphatic heterocycles. The standard InChI is InChI=1S/C14H16FNS/c1-9-7-10(2)17-14(9)13(16)8-11-3-5-12(15)6-4-11/h3-7,13H,8,16H2,1-2H3. The molecule has 1 unspecified atom stereocenters. The average Bonchev–Trinajstić information content (AvgIpc) is 2.61. The zero-order valence-electron chi connectivity index (χ0n) is 10.0. The van der Waals surface area contributed by atoms with Crippen LogP contribution in [0.25, 0.3) is 0 Å². The van der Waals surface area contributed by atoms with Crippen molar-refractivity contribution in [1.82, 2.24) is 0 Å². The number of nitrogens with two attached hydrogens (primary N) is 1. The normalized spacial score (nSPS) is 12.7. The van der Waals surface area contributed by atoms with Crippen molar-refractivity contribution >= 4 is 11.3 Å². The smallest absolute Gasteiger partial charge is 0.123 e. The number of benzene rings is 1. The van der Waals surface area contributed by atoms with E-state index in [1.165, 1.54) is 27.5 Å². The number of hydrogen-bond acceptors (Lipinski definition) is 2. The molecule has 90 valence electrons. The minimum absolute atomic E-state index is 0.000777. The van der Waals surface area contributed by atoms with Crippen molar-refractivity contribution < 1.29 is 4.39 Å². The van der Waals surface area contributed by atoms with Gasteiger partial charge in [-0.1, -0.05) is 12.1 Å². The van der Waals surface area contributed by atoms with E-state index in [1.54, 1.807) is 23.5 Å². The Bertz CT molecular complexity index is 501. The lowest BCUT2D eigenvalue weighted by molar-refractivity contribution is 0.625. The monoisotopic (exact) mass is 249 g/mol. The SMILES string of the molecule is Cc1cc(C)c(C(N)Cc2ccc(F)cc2)s1. The summed E-state index contributed by atoms with van der Waals surface area (Å²) in [5.41, 5.74) is 8.52. The van der Waals surface area contributed by atoms with Crippen molar-refractivity contribution in [1.29, 1.82) is 0 Å². The summed E-state index contributed by atoms with van der Waals surface area (Å²) in [7, 11) is 0. The zero-order valence-corrected chi connectivity index (χ0v) is 10.9. The fourth-order valence-corrected chi connectivity index (χ4v) is 3.03. The number of halogens is 1. The Morgan fingerprint density at radius 3 is 2.41 bits per heavy atom. The van der Waals surface area contributed by atoms with Crippen LogP contribution < -0.4 is 5.73 Å². The Hall–Kier alpha value is -1.19. The Kier molecular flexibility index (Phi) is 3.60. The summed E-state index contributed by atoms with van der Waals surface area (Å²) in [5, 5.41) is 0. The van der Waals surface area contributed by atoms with E-state index in [4.69, 9.17) is 5.73 Å². The molecule has 1 aromatic carbocycles. The van der Waals surface area contributed by atoms with E-state index < -0.39 is 0 Å². The van der Waals surface area contributed by atoms with Crippen molar-refractivity contribution in [3.63, 3.8) is 0 Å². The van der Waals surface area contributed by atoms with Crippen LogP contribution >= 0.6 is 11.3 Å². The molecule has 2 N–H and O–H groups in total. The number of aryl methyl sites for hydroxylation is 2. The van der Waals surface area contributed by atoms with E-state index in [0.29, 0.717) is 0 Å². The van der Waals surface area contributed by atoms with Crippen LogP contribution in [0.2, 0.25) is 0 Å². The van der Waals surface area contributed by atoms with E-state index in [1.807, 2.05) is 0 Å². The lowest BCUT2D eigenvalue weighted by Gasteiger charge is -2.11. The lowest BCUT2D eigenvalue weighted by atomic mass is 10.0. The van der Waals surface area contributed by atoms with Crippen LogP contribution in [-0.2, 0) is 6.42 Å². The van der Waals surface area contributed by atoms with E-state index in [2.05, 4.69) is 19.9 Å². The molecule has 1 aromatic heterocycles. The van der Waals surface area contributed by atoms with Crippen LogP contribution in [0, 0.1) is 19.7 Å². The van der Waals surface area contributed by atoms with Gasteiger partial charge >= 0.3 is 0 Å². The predicted octanol–water partition coefficient (Wildman–Crippen LogP) is 3.75. The number of hydrogen-bond donors (Lipinski definition) is 1. The maximum atomic E-state index is 12.8. The first kappa shape index (κ1) is 12.3. The second kappa shape index (κ2) is 4.98. The van der Waals surface area contributed by atoms with Gasteiger partial charge < -0.3 is 5.73 Å². The highest BCUT2D eigenvalue weighted by Crippen LogP contribution is 2.28. The van der Waals surface area contributed by atoms with Gasteiger partial charge in [-0.2, -0.15) is 0 Å². The van der Waals surface area contributed by atoms with Crippen LogP contribution in [-0.4, -0.2) is 0 Å². The quantitative estimate of drug-likeness (QED) is 0.881. The van der Waals surface area contributed by atoms with E-state index in [-0.39, 0.29) is 11.9 Å². The van der Waals surface area contributed by atoms with Crippen LogP contribution in [0.3, 0.4) is 0 Å². The fraction of sp³-hybridized carbons (Fsp3) is 0.286. The Balaban J connectivity index is 2.14.